The second-order valence-corrected chi connectivity index (χ2v) is 5.42. The first-order valence-electron chi connectivity index (χ1n) is 7.76. The van der Waals surface area contributed by atoms with Gasteiger partial charge in [0.25, 0.3) is 5.69 Å². The lowest BCUT2D eigenvalue weighted by Gasteiger charge is -2.02. The molecule has 3 rings (SSSR count). The molecule has 3 aromatic rings. The number of nitro groups is 1. The van der Waals surface area contributed by atoms with Gasteiger partial charge in [0.15, 0.2) is 0 Å². The van der Waals surface area contributed by atoms with Gasteiger partial charge in [-0.05, 0) is 22.3 Å². The Balaban J connectivity index is 1.57. The SMILES string of the molecule is O=[N+]([O-])c1cccc(CO/N=C\c2ccc(-c3ccccc3)cc2)c1. The molecular weight excluding hydrogens is 316 g/mol. The fraction of sp³-hybridized carbons (Fsp3) is 0.0500. The highest BCUT2D eigenvalue weighted by Gasteiger charge is 2.05. The highest BCUT2D eigenvalue weighted by molar-refractivity contribution is 5.80. The van der Waals surface area contributed by atoms with E-state index in [4.69, 9.17) is 4.84 Å². The van der Waals surface area contributed by atoms with E-state index in [0.717, 1.165) is 16.7 Å². The van der Waals surface area contributed by atoms with Crippen molar-refractivity contribution in [2.45, 2.75) is 6.61 Å². The summed E-state index contributed by atoms with van der Waals surface area (Å²) < 4.78 is 0. The van der Waals surface area contributed by atoms with E-state index >= 15 is 0 Å². The molecule has 0 saturated heterocycles. The lowest BCUT2D eigenvalue weighted by Crippen LogP contribution is -1.92. The highest BCUT2D eigenvalue weighted by Crippen LogP contribution is 2.18. The van der Waals surface area contributed by atoms with Gasteiger partial charge in [0.1, 0.15) is 6.61 Å². The first kappa shape index (κ1) is 16.4. The second kappa shape index (κ2) is 7.88. The molecule has 124 valence electrons. The smallest absolute Gasteiger partial charge is 0.269 e. The molecule has 0 aliphatic heterocycles. The summed E-state index contributed by atoms with van der Waals surface area (Å²) in [6.07, 6.45) is 1.62. The predicted molar refractivity (Wildman–Crippen MR) is 97.4 cm³/mol. The van der Waals surface area contributed by atoms with Crippen molar-refractivity contribution in [3.05, 3.63) is 100 Å². The molecule has 0 N–H and O–H groups in total. The first-order valence-corrected chi connectivity index (χ1v) is 7.76. The van der Waals surface area contributed by atoms with Gasteiger partial charge in [-0.15, -0.1) is 0 Å². The van der Waals surface area contributed by atoms with E-state index in [0.29, 0.717) is 5.56 Å². The fourth-order valence-corrected chi connectivity index (χ4v) is 2.36. The lowest BCUT2D eigenvalue weighted by molar-refractivity contribution is -0.384. The molecule has 3 aromatic carbocycles. The number of nitro benzene ring substituents is 1. The Morgan fingerprint density at radius 1 is 0.920 bits per heavy atom. The maximum atomic E-state index is 10.7. The van der Waals surface area contributed by atoms with Gasteiger partial charge in [0.2, 0.25) is 0 Å². The number of benzene rings is 3. The minimum atomic E-state index is -0.430. The van der Waals surface area contributed by atoms with E-state index in [-0.39, 0.29) is 12.3 Å². The molecule has 0 aliphatic carbocycles. The number of nitrogens with zero attached hydrogens (tertiary/aromatic N) is 2. The molecule has 25 heavy (non-hydrogen) atoms. The van der Waals surface area contributed by atoms with E-state index in [9.17, 15) is 10.1 Å². The van der Waals surface area contributed by atoms with Crippen LogP contribution in [0.1, 0.15) is 11.1 Å². The van der Waals surface area contributed by atoms with Gasteiger partial charge in [-0.1, -0.05) is 71.9 Å². The Morgan fingerprint density at radius 3 is 2.36 bits per heavy atom. The summed E-state index contributed by atoms with van der Waals surface area (Å²) in [5, 5.41) is 14.7. The van der Waals surface area contributed by atoms with Crippen molar-refractivity contribution in [3.63, 3.8) is 0 Å². The van der Waals surface area contributed by atoms with Crippen LogP contribution in [0.15, 0.2) is 84.0 Å². The molecule has 0 bridgehead atoms. The summed E-state index contributed by atoms with van der Waals surface area (Å²) in [6, 6.07) is 24.4. The average molecular weight is 332 g/mol. The van der Waals surface area contributed by atoms with Crippen LogP contribution in [0.25, 0.3) is 11.1 Å². The largest absolute Gasteiger partial charge is 0.391 e. The van der Waals surface area contributed by atoms with Crippen LogP contribution in [-0.2, 0) is 11.4 Å². The molecule has 0 aliphatic rings. The summed E-state index contributed by atoms with van der Waals surface area (Å²) in [7, 11) is 0. The minimum Gasteiger partial charge on any atom is -0.391 e. The van der Waals surface area contributed by atoms with Crippen molar-refractivity contribution in [1.82, 2.24) is 0 Å². The number of non-ortho nitro benzene ring substituents is 1. The minimum absolute atomic E-state index is 0.0431. The third kappa shape index (κ3) is 4.51. The predicted octanol–water partition coefficient (Wildman–Crippen LogP) is 4.81. The van der Waals surface area contributed by atoms with Crippen LogP contribution < -0.4 is 0 Å². The van der Waals surface area contributed by atoms with Gasteiger partial charge >= 0.3 is 0 Å². The van der Waals surface area contributed by atoms with E-state index < -0.39 is 4.92 Å². The molecule has 0 unspecified atom stereocenters. The Hall–Kier alpha value is -3.47. The molecule has 0 amide bonds. The van der Waals surface area contributed by atoms with Crippen LogP contribution in [0.2, 0.25) is 0 Å². The van der Waals surface area contributed by atoms with Crippen LogP contribution in [0.5, 0.6) is 0 Å². The van der Waals surface area contributed by atoms with Crippen LogP contribution >= 0.6 is 0 Å². The lowest BCUT2D eigenvalue weighted by atomic mass is 10.0. The number of oxime groups is 1. The molecule has 5 heteroatoms. The summed E-state index contributed by atoms with van der Waals surface area (Å²) in [5.74, 6) is 0. The van der Waals surface area contributed by atoms with Crippen LogP contribution in [0.4, 0.5) is 5.69 Å². The van der Waals surface area contributed by atoms with E-state index in [1.807, 2.05) is 42.5 Å². The Kier molecular flexibility index (Phi) is 5.16. The molecule has 5 nitrogen and oxygen atoms in total. The molecule has 0 fully saturated rings. The van der Waals surface area contributed by atoms with Gasteiger partial charge in [-0.25, -0.2) is 0 Å². The third-order valence-corrected chi connectivity index (χ3v) is 3.65. The van der Waals surface area contributed by atoms with E-state index in [1.54, 1.807) is 18.3 Å². The van der Waals surface area contributed by atoms with Crippen molar-refractivity contribution in [2.24, 2.45) is 5.16 Å². The van der Waals surface area contributed by atoms with Gasteiger partial charge in [-0.2, -0.15) is 0 Å². The quantitative estimate of drug-likeness (QED) is 0.369. The molecule has 0 radical (unpaired) electrons. The van der Waals surface area contributed by atoms with Gasteiger partial charge in [-0.3, -0.25) is 10.1 Å². The van der Waals surface area contributed by atoms with Gasteiger partial charge < -0.3 is 4.84 Å². The van der Waals surface area contributed by atoms with E-state index in [1.165, 1.54) is 12.1 Å². The summed E-state index contributed by atoms with van der Waals surface area (Å²) >= 11 is 0. The van der Waals surface area contributed by atoms with Crippen molar-refractivity contribution < 1.29 is 9.76 Å². The molecule has 0 aromatic heterocycles. The highest BCUT2D eigenvalue weighted by atomic mass is 16.6. The molecule has 0 spiro atoms. The van der Waals surface area contributed by atoms with Crippen molar-refractivity contribution in [2.75, 3.05) is 0 Å². The molecule has 0 saturated carbocycles. The monoisotopic (exact) mass is 332 g/mol. The van der Waals surface area contributed by atoms with Crippen molar-refractivity contribution >= 4 is 11.9 Å². The van der Waals surface area contributed by atoms with E-state index in [2.05, 4.69) is 17.3 Å². The zero-order valence-electron chi connectivity index (χ0n) is 13.4. The van der Waals surface area contributed by atoms with Gasteiger partial charge in [0.05, 0.1) is 11.1 Å². The summed E-state index contributed by atoms with van der Waals surface area (Å²) in [6.45, 7) is 0.181. The second-order valence-electron chi connectivity index (χ2n) is 5.42. The third-order valence-electron chi connectivity index (χ3n) is 3.65. The number of rotatable bonds is 6. The maximum Gasteiger partial charge on any atom is 0.269 e. The van der Waals surface area contributed by atoms with Crippen LogP contribution in [-0.4, -0.2) is 11.1 Å². The Bertz CT molecular complexity index is 875. The Morgan fingerprint density at radius 2 is 1.64 bits per heavy atom. The van der Waals surface area contributed by atoms with Crippen LogP contribution in [0.3, 0.4) is 0 Å². The standard InChI is InChI=1S/C20H16N2O3/c23-22(24)20-8-4-5-17(13-20)15-25-21-14-16-9-11-19(12-10-16)18-6-2-1-3-7-18/h1-14H,15H2/b21-14-. The molecule has 0 heterocycles. The maximum absolute atomic E-state index is 10.7. The topological polar surface area (TPSA) is 64.7 Å². The molecule has 0 atom stereocenters. The van der Waals surface area contributed by atoms with Gasteiger partial charge in [0, 0.05) is 12.1 Å². The molecular formula is C20H16N2O3. The average Bonchev–Trinajstić information content (AvgIpc) is 2.67. The summed E-state index contributed by atoms with van der Waals surface area (Å²) in [5.41, 5.74) is 3.95. The summed E-state index contributed by atoms with van der Waals surface area (Å²) in [4.78, 5) is 15.5. The number of hydrogen-bond donors (Lipinski definition) is 0. The Labute approximate surface area is 145 Å². The number of hydrogen-bond acceptors (Lipinski definition) is 4. The van der Waals surface area contributed by atoms with Crippen molar-refractivity contribution in [1.29, 1.82) is 0 Å². The zero-order valence-corrected chi connectivity index (χ0v) is 13.4. The normalized spacial score (nSPS) is 10.7. The first-order chi connectivity index (χ1) is 12.2. The van der Waals surface area contributed by atoms with Crippen molar-refractivity contribution in [3.8, 4) is 11.1 Å². The fourth-order valence-electron chi connectivity index (χ4n) is 2.36. The zero-order chi connectivity index (χ0) is 17.5. The van der Waals surface area contributed by atoms with Crippen LogP contribution in [0, 0.1) is 10.1 Å².